The minimum absolute atomic E-state index is 0.0497. The fourth-order valence-corrected chi connectivity index (χ4v) is 2.69. The van der Waals surface area contributed by atoms with Crippen molar-refractivity contribution in [3.05, 3.63) is 18.3 Å². The van der Waals surface area contributed by atoms with Gasteiger partial charge in [-0.2, -0.15) is 4.72 Å². The highest BCUT2D eigenvalue weighted by molar-refractivity contribution is 7.89. The SMILES string of the molecule is CNc1cc(S(=O)(=O)NC(C)C(=O)NC(C)C)ccn1. The van der Waals surface area contributed by atoms with Gasteiger partial charge in [-0.05, 0) is 26.8 Å². The van der Waals surface area contributed by atoms with Crippen LogP contribution in [0.3, 0.4) is 0 Å². The number of anilines is 1. The molecule has 0 radical (unpaired) electrons. The molecule has 1 aromatic heterocycles. The minimum Gasteiger partial charge on any atom is -0.373 e. The highest BCUT2D eigenvalue weighted by Gasteiger charge is 2.22. The molecule has 20 heavy (non-hydrogen) atoms. The Kier molecular flexibility index (Phi) is 5.46. The molecule has 3 N–H and O–H groups in total. The van der Waals surface area contributed by atoms with Gasteiger partial charge in [-0.1, -0.05) is 0 Å². The second-order valence-corrected chi connectivity index (χ2v) is 6.35. The third-order valence-corrected chi connectivity index (χ3v) is 3.99. The van der Waals surface area contributed by atoms with Gasteiger partial charge < -0.3 is 10.6 Å². The second kappa shape index (κ2) is 6.67. The molecule has 0 bridgehead atoms. The van der Waals surface area contributed by atoms with Gasteiger partial charge in [0.2, 0.25) is 15.9 Å². The van der Waals surface area contributed by atoms with E-state index >= 15 is 0 Å². The van der Waals surface area contributed by atoms with E-state index in [4.69, 9.17) is 0 Å². The van der Waals surface area contributed by atoms with Crippen molar-refractivity contribution in [2.24, 2.45) is 0 Å². The van der Waals surface area contributed by atoms with E-state index in [1.165, 1.54) is 25.3 Å². The van der Waals surface area contributed by atoms with Crippen molar-refractivity contribution >= 4 is 21.7 Å². The lowest BCUT2D eigenvalue weighted by Gasteiger charge is -2.16. The highest BCUT2D eigenvalue weighted by Crippen LogP contribution is 2.12. The summed E-state index contributed by atoms with van der Waals surface area (Å²) in [5.74, 6) is 0.0682. The van der Waals surface area contributed by atoms with Crippen LogP contribution in [0.15, 0.2) is 23.2 Å². The van der Waals surface area contributed by atoms with Gasteiger partial charge in [-0.25, -0.2) is 13.4 Å². The van der Waals surface area contributed by atoms with E-state index in [0.29, 0.717) is 5.82 Å². The van der Waals surface area contributed by atoms with Gasteiger partial charge in [0.1, 0.15) is 5.82 Å². The highest BCUT2D eigenvalue weighted by atomic mass is 32.2. The Morgan fingerprint density at radius 2 is 1.95 bits per heavy atom. The Balaban J connectivity index is 2.86. The van der Waals surface area contributed by atoms with Crippen LogP contribution in [-0.4, -0.2) is 38.4 Å². The van der Waals surface area contributed by atoms with Crippen molar-refractivity contribution < 1.29 is 13.2 Å². The van der Waals surface area contributed by atoms with Crippen molar-refractivity contribution in [1.82, 2.24) is 15.0 Å². The average Bonchev–Trinajstić information content (AvgIpc) is 2.37. The van der Waals surface area contributed by atoms with Gasteiger partial charge in [0.15, 0.2) is 0 Å². The van der Waals surface area contributed by atoms with Gasteiger partial charge in [0, 0.05) is 25.4 Å². The van der Waals surface area contributed by atoms with E-state index in [0.717, 1.165) is 0 Å². The molecule has 1 atom stereocenters. The maximum atomic E-state index is 12.2. The Bertz CT molecular complexity index is 572. The molecule has 1 amide bonds. The number of amides is 1. The number of pyridine rings is 1. The van der Waals surface area contributed by atoms with E-state index in [1.807, 2.05) is 0 Å². The quantitative estimate of drug-likeness (QED) is 0.702. The lowest BCUT2D eigenvalue weighted by Crippen LogP contribution is -2.46. The van der Waals surface area contributed by atoms with E-state index in [-0.39, 0.29) is 16.8 Å². The molecule has 0 aliphatic carbocycles. The van der Waals surface area contributed by atoms with Crippen molar-refractivity contribution in [2.45, 2.75) is 37.8 Å². The monoisotopic (exact) mass is 300 g/mol. The van der Waals surface area contributed by atoms with Crippen molar-refractivity contribution in [3.63, 3.8) is 0 Å². The molecule has 0 saturated heterocycles. The largest absolute Gasteiger partial charge is 0.373 e. The zero-order valence-electron chi connectivity index (χ0n) is 12.0. The molecule has 0 fully saturated rings. The number of carbonyl (C=O) groups is 1. The number of nitrogens with zero attached hydrogens (tertiary/aromatic N) is 1. The number of sulfonamides is 1. The zero-order chi connectivity index (χ0) is 15.3. The Morgan fingerprint density at radius 1 is 1.30 bits per heavy atom. The first-order valence-corrected chi connectivity index (χ1v) is 7.71. The van der Waals surface area contributed by atoms with Crippen molar-refractivity contribution in [3.8, 4) is 0 Å². The molecule has 1 heterocycles. The van der Waals surface area contributed by atoms with E-state index in [1.54, 1.807) is 20.9 Å². The predicted molar refractivity (Wildman–Crippen MR) is 76.8 cm³/mol. The Labute approximate surface area is 119 Å². The summed E-state index contributed by atoms with van der Waals surface area (Å²) in [6, 6.07) is 1.87. The van der Waals surface area contributed by atoms with Crippen LogP contribution in [0, 0.1) is 0 Å². The van der Waals surface area contributed by atoms with Gasteiger partial charge in [0.05, 0.1) is 10.9 Å². The third kappa shape index (κ3) is 4.46. The number of hydrogen-bond donors (Lipinski definition) is 3. The molecular formula is C12H20N4O3S. The summed E-state index contributed by atoms with van der Waals surface area (Å²) in [4.78, 5) is 15.7. The van der Waals surface area contributed by atoms with E-state index in [2.05, 4.69) is 20.3 Å². The summed E-state index contributed by atoms with van der Waals surface area (Å²) in [7, 11) is -2.12. The first-order valence-electron chi connectivity index (χ1n) is 6.22. The van der Waals surface area contributed by atoms with Crippen molar-refractivity contribution in [1.29, 1.82) is 0 Å². The fourth-order valence-electron chi connectivity index (χ4n) is 1.48. The summed E-state index contributed by atoms with van der Waals surface area (Å²) >= 11 is 0. The molecule has 1 aromatic rings. The first kappa shape index (κ1) is 16.4. The normalized spacial score (nSPS) is 13.1. The summed E-state index contributed by atoms with van der Waals surface area (Å²) in [6.45, 7) is 5.11. The molecule has 0 aliphatic heterocycles. The van der Waals surface area contributed by atoms with Crippen LogP contribution in [0.4, 0.5) is 5.82 Å². The molecule has 7 nitrogen and oxygen atoms in total. The second-order valence-electron chi connectivity index (χ2n) is 4.63. The topological polar surface area (TPSA) is 100 Å². The zero-order valence-corrected chi connectivity index (χ0v) is 12.8. The van der Waals surface area contributed by atoms with Gasteiger partial charge in [0.25, 0.3) is 0 Å². The van der Waals surface area contributed by atoms with Gasteiger partial charge >= 0.3 is 0 Å². The van der Waals surface area contributed by atoms with Crippen LogP contribution in [0.1, 0.15) is 20.8 Å². The third-order valence-electron chi connectivity index (χ3n) is 2.45. The van der Waals surface area contributed by atoms with Gasteiger partial charge in [-0.15, -0.1) is 0 Å². The maximum absolute atomic E-state index is 12.2. The molecule has 0 aromatic carbocycles. The smallest absolute Gasteiger partial charge is 0.241 e. The molecule has 112 valence electrons. The fraction of sp³-hybridized carbons (Fsp3) is 0.500. The van der Waals surface area contributed by atoms with Gasteiger partial charge in [-0.3, -0.25) is 4.79 Å². The molecule has 1 unspecified atom stereocenters. The lowest BCUT2D eigenvalue weighted by atomic mass is 10.3. The summed E-state index contributed by atoms with van der Waals surface area (Å²) in [5, 5.41) is 5.41. The Morgan fingerprint density at radius 3 is 2.50 bits per heavy atom. The molecule has 8 heteroatoms. The summed E-state index contributed by atoms with van der Waals surface area (Å²) < 4.78 is 26.6. The van der Waals surface area contributed by atoms with E-state index in [9.17, 15) is 13.2 Å². The standard InChI is InChI=1S/C12H20N4O3S/c1-8(2)15-12(17)9(3)16-20(18,19)10-5-6-14-11(7-10)13-4/h5-9,16H,1-4H3,(H,13,14)(H,15,17). The number of carbonyl (C=O) groups excluding carboxylic acids is 1. The number of aromatic nitrogens is 1. The molecular weight excluding hydrogens is 280 g/mol. The van der Waals surface area contributed by atoms with Crippen LogP contribution in [0.5, 0.6) is 0 Å². The maximum Gasteiger partial charge on any atom is 0.241 e. The summed E-state index contributed by atoms with van der Waals surface area (Å²) in [6.07, 6.45) is 1.39. The molecule has 0 spiro atoms. The van der Waals surface area contributed by atoms with Crippen LogP contribution in [-0.2, 0) is 14.8 Å². The number of nitrogens with one attached hydrogen (secondary N) is 3. The predicted octanol–water partition coefficient (Wildman–Crippen LogP) is 0.315. The van der Waals surface area contributed by atoms with Crippen LogP contribution in [0.2, 0.25) is 0 Å². The number of rotatable bonds is 6. The number of hydrogen-bond acceptors (Lipinski definition) is 5. The Hall–Kier alpha value is -1.67. The minimum atomic E-state index is -3.76. The molecule has 0 aliphatic rings. The molecule has 0 saturated carbocycles. The lowest BCUT2D eigenvalue weighted by molar-refractivity contribution is -0.122. The van der Waals surface area contributed by atoms with Crippen LogP contribution < -0.4 is 15.4 Å². The van der Waals surface area contributed by atoms with Crippen LogP contribution >= 0.6 is 0 Å². The van der Waals surface area contributed by atoms with E-state index < -0.39 is 16.1 Å². The summed E-state index contributed by atoms with van der Waals surface area (Å²) in [5.41, 5.74) is 0. The first-order chi connectivity index (χ1) is 9.26. The molecule has 1 rings (SSSR count). The van der Waals surface area contributed by atoms with Crippen molar-refractivity contribution in [2.75, 3.05) is 12.4 Å². The van der Waals surface area contributed by atoms with Crippen LogP contribution in [0.25, 0.3) is 0 Å². The average molecular weight is 300 g/mol.